The summed E-state index contributed by atoms with van der Waals surface area (Å²) >= 11 is 0. The number of hydrogen-bond donors (Lipinski definition) is 0. The summed E-state index contributed by atoms with van der Waals surface area (Å²) in [5.41, 5.74) is -0.534. The van der Waals surface area contributed by atoms with E-state index in [2.05, 4.69) is 4.90 Å². The van der Waals surface area contributed by atoms with E-state index in [-0.39, 0.29) is 4.92 Å². The van der Waals surface area contributed by atoms with Crippen molar-refractivity contribution in [2.75, 3.05) is 13.7 Å². The van der Waals surface area contributed by atoms with Gasteiger partial charge >= 0.3 is 5.97 Å². The van der Waals surface area contributed by atoms with Gasteiger partial charge in [0.2, 0.25) is 0 Å². The van der Waals surface area contributed by atoms with Gasteiger partial charge in [0.25, 0.3) is 5.54 Å². The first kappa shape index (κ1) is 21.3. The summed E-state index contributed by atoms with van der Waals surface area (Å²) < 4.78 is 5.38. The van der Waals surface area contributed by atoms with Crippen LogP contribution in [0.15, 0.2) is 91.0 Å². The quantitative estimate of drug-likeness (QED) is 0.325. The smallest absolute Gasteiger partial charge is 0.327 e. The van der Waals surface area contributed by atoms with Gasteiger partial charge in [-0.1, -0.05) is 91.0 Å². The topological polar surface area (TPSA) is 72.7 Å². The number of ether oxygens (including phenoxy) is 1. The number of fused-ring (bicyclic) bond motifs is 1. The summed E-state index contributed by atoms with van der Waals surface area (Å²) in [6.07, 6.45) is 1.27. The maximum Gasteiger partial charge on any atom is 0.327 e. The number of benzene rings is 3. The second-order valence-corrected chi connectivity index (χ2v) is 8.82. The lowest BCUT2D eigenvalue weighted by Crippen LogP contribution is -2.52. The molecule has 0 bridgehead atoms. The molecule has 0 N–H and O–H groups in total. The molecule has 2 heterocycles. The predicted molar refractivity (Wildman–Crippen MR) is 124 cm³/mol. The van der Waals surface area contributed by atoms with Crippen molar-refractivity contribution in [3.8, 4) is 0 Å². The van der Waals surface area contributed by atoms with Crippen molar-refractivity contribution in [2.24, 2.45) is 0 Å². The van der Waals surface area contributed by atoms with Crippen LogP contribution in [0.3, 0.4) is 0 Å². The molecule has 4 atom stereocenters. The fourth-order valence-corrected chi connectivity index (χ4v) is 6.39. The van der Waals surface area contributed by atoms with Crippen molar-refractivity contribution in [3.63, 3.8) is 0 Å². The highest BCUT2D eigenvalue weighted by Gasteiger charge is 2.78. The zero-order chi connectivity index (χ0) is 23.1. The van der Waals surface area contributed by atoms with E-state index in [9.17, 15) is 14.9 Å². The van der Waals surface area contributed by atoms with Crippen molar-refractivity contribution in [1.82, 2.24) is 4.90 Å². The summed E-state index contributed by atoms with van der Waals surface area (Å²) in [6, 6.07) is 27.5. The minimum absolute atomic E-state index is 0.152. The standard InChI is InChI=1S/C27H26N2O4/c1-33-25(30)26-18-11-19-28(26)24(21-14-7-3-8-15-21)27(29(31)32,22-16-9-4-10-17-22)23(26)20-12-5-2-6-13-20/h2-10,12-17,23-24H,11,18-19H2,1H3/t23-,24-,26+,27+/m1/s1. The summed E-state index contributed by atoms with van der Waals surface area (Å²) in [7, 11) is 1.38. The number of nitro groups is 1. The van der Waals surface area contributed by atoms with E-state index in [1.165, 1.54) is 7.11 Å². The van der Waals surface area contributed by atoms with Crippen molar-refractivity contribution >= 4 is 5.97 Å². The van der Waals surface area contributed by atoms with Crippen molar-refractivity contribution in [2.45, 2.75) is 35.9 Å². The monoisotopic (exact) mass is 442 g/mol. The molecule has 0 radical (unpaired) electrons. The Balaban J connectivity index is 1.92. The van der Waals surface area contributed by atoms with Crippen LogP contribution in [0.5, 0.6) is 0 Å². The lowest BCUT2D eigenvalue weighted by atomic mass is 9.65. The molecule has 3 aromatic rings. The van der Waals surface area contributed by atoms with Crippen LogP contribution >= 0.6 is 0 Å². The fourth-order valence-electron chi connectivity index (χ4n) is 6.39. The molecule has 2 aliphatic heterocycles. The number of methoxy groups -OCH3 is 1. The first-order valence-corrected chi connectivity index (χ1v) is 11.2. The third kappa shape index (κ3) is 2.87. The van der Waals surface area contributed by atoms with E-state index in [4.69, 9.17) is 4.74 Å². The number of rotatable bonds is 5. The maximum atomic E-state index is 13.6. The number of esters is 1. The minimum atomic E-state index is -1.58. The Labute approximate surface area is 193 Å². The number of nitrogens with zero attached hydrogens (tertiary/aromatic N) is 2. The molecular formula is C27H26N2O4. The highest BCUT2D eigenvalue weighted by atomic mass is 16.6. The summed E-state index contributed by atoms with van der Waals surface area (Å²) in [5, 5.41) is 13.4. The summed E-state index contributed by atoms with van der Waals surface area (Å²) in [6.45, 7) is 0.584. The SMILES string of the molecule is COC(=O)[C@@]12CCCN1[C@H](c1ccccc1)[C@@](c1ccccc1)([N+](=O)[O-])[C@@H]2c1ccccc1. The molecule has 0 amide bonds. The normalized spacial score (nSPS) is 28.9. The molecule has 0 spiro atoms. The van der Waals surface area contributed by atoms with Crippen LogP contribution in [0.1, 0.15) is 41.5 Å². The van der Waals surface area contributed by atoms with E-state index in [0.717, 1.165) is 17.5 Å². The molecule has 0 saturated carbocycles. The Hall–Kier alpha value is -3.51. The van der Waals surface area contributed by atoms with Gasteiger partial charge in [-0.15, -0.1) is 0 Å². The molecule has 0 aromatic heterocycles. The Kier molecular flexibility index (Phi) is 5.25. The zero-order valence-corrected chi connectivity index (χ0v) is 18.5. The molecule has 2 aliphatic rings. The van der Waals surface area contributed by atoms with Gasteiger partial charge in [-0.3, -0.25) is 19.8 Å². The average molecular weight is 443 g/mol. The zero-order valence-electron chi connectivity index (χ0n) is 18.5. The van der Waals surface area contributed by atoms with Gasteiger partial charge in [-0.25, -0.2) is 0 Å². The van der Waals surface area contributed by atoms with Crippen LogP contribution in [0.4, 0.5) is 0 Å². The highest BCUT2D eigenvalue weighted by molar-refractivity contribution is 5.84. The van der Waals surface area contributed by atoms with Crippen LogP contribution in [0.25, 0.3) is 0 Å². The first-order chi connectivity index (χ1) is 16.1. The Morgan fingerprint density at radius 2 is 1.48 bits per heavy atom. The fraction of sp³-hybridized carbons (Fsp3) is 0.296. The van der Waals surface area contributed by atoms with Crippen LogP contribution in [0.2, 0.25) is 0 Å². The molecule has 2 fully saturated rings. The van der Waals surface area contributed by atoms with Crippen LogP contribution in [0, 0.1) is 10.1 Å². The van der Waals surface area contributed by atoms with Gasteiger partial charge in [-0.2, -0.15) is 0 Å². The van der Waals surface area contributed by atoms with Gasteiger partial charge in [0.05, 0.1) is 13.0 Å². The van der Waals surface area contributed by atoms with Crippen molar-refractivity contribution < 1.29 is 14.5 Å². The average Bonchev–Trinajstić information content (AvgIpc) is 3.40. The molecule has 0 unspecified atom stereocenters. The lowest BCUT2D eigenvalue weighted by molar-refractivity contribution is -0.588. The van der Waals surface area contributed by atoms with E-state index >= 15 is 0 Å². The van der Waals surface area contributed by atoms with Crippen molar-refractivity contribution in [1.29, 1.82) is 0 Å². The van der Waals surface area contributed by atoms with Crippen molar-refractivity contribution in [3.05, 3.63) is 118 Å². The molecule has 5 rings (SSSR count). The second-order valence-electron chi connectivity index (χ2n) is 8.82. The first-order valence-electron chi connectivity index (χ1n) is 11.2. The number of carbonyl (C=O) groups excluding carboxylic acids is 1. The van der Waals surface area contributed by atoms with Gasteiger partial charge < -0.3 is 4.74 Å². The molecule has 33 heavy (non-hydrogen) atoms. The van der Waals surface area contributed by atoms with E-state index in [0.29, 0.717) is 18.5 Å². The summed E-state index contributed by atoms with van der Waals surface area (Å²) in [5.74, 6) is -1.14. The van der Waals surface area contributed by atoms with E-state index in [1.54, 1.807) is 0 Å². The predicted octanol–water partition coefficient (Wildman–Crippen LogP) is 4.70. The molecule has 2 saturated heterocycles. The van der Waals surface area contributed by atoms with E-state index in [1.807, 2.05) is 91.0 Å². The van der Waals surface area contributed by atoms with Crippen LogP contribution in [-0.4, -0.2) is 35.0 Å². The Bertz CT molecular complexity index is 1150. The van der Waals surface area contributed by atoms with E-state index < -0.39 is 29.0 Å². The second kappa shape index (κ2) is 8.12. The largest absolute Gasteiger partial charge is 0.468 e. The van der Waals surface area contributed by atoms with Gasteiger partial charge in [-0.05, 0) is 24.0 Å². The minimum Gasteiger partial charge on any atom is -0.468 e. The molecule has 3 aromatic carbocycles. The molecule has 168 valence electrons. The van der Waals surface area contributed by atoms with Crippen LogP contribution < -0.4 is 0 Å². The van der Waals surface area contributed by atoms with Gasteiger partial charge in [0.1, 0.15) is 11.6 Å². The summed E-state index contributed by atoms with van der Waals surface area (Å²) in [4.78, 5) is 28.9. The molecule has 6 heteroatoms. The lowest BCUT2D eigenvalue weighted by Gasteiger charge is -2.36. The van der Waals surface area contributed by atoms with Gasteiger partial charge in [0, 0.05) is 17.0 Å². The molecule has 6 nitrogen and oxygen atoms in total. The van der Waals surface area contributed by atoms with Gasteiger partial charge in [0.15, 0.2) is 0 Å². The highest BCUT2D eigenvalue weighted by Crippen LogP contribution is 2.66. The Morgan fingerprint density at radius 3 is 2.03 bits per heavy atom. The van der Waals surface area contributed by atoms with Crippen LogP contribution in [-0.2, 0) is 15.1 Å². The molecular weight excluding hydrogens is 416 g/mol. The Morgan fingerprint density at radius 1 is 0.939 bits per heavy atom. The third-order valence-electron chi connectivity index (χ3n) is 7.44. The number of hydrogen-bond acceptors (Lipinski definition) is 5. The maximum absolute atomic E-state index is 13.6. The molecule has 0 aliphatic carbocycles. The third-order valence-corrected chi connectivity index (χ3v) is 7.44. The number of carbonyl (C=O) groups is 1.